The molecule has 1 aliphatic rings. The van der Waals surface area contributed by atoms with Crippen molar-refractivity contribution in [1.29, 1.82) is 0 Å². The Bertz CT molecular complexity index is 132. The Morgan fingerprint density at radius 1 is 1.27 bits per heavy atom. The monoisotopic (exact) mass is 168 g/mol. The van der Waals surface area contributed by atoms with Crippen LogP contribution in [0.15, 0.2) is 0 Å². The summed E-state index contributed by atoms with van der Waals surface area (Å²) < 4.78 is 36.0. The zero-order valence-corrected chi connectivity index (χ0v) is 6.06. The molecule has 1 nitrogen and oxygen atoms in total. The van der Waals surface area contributed by atoms with E-state index in [4.69, 9.17) is 5.11 Å². The molecule has 0 bridgehead atoms. The topological polar surface area (TPSA) is 20.2 Å². The molecule has 0 aromatic heterocycles. The minimum atomic E-state index is -4.05. The van der Waals surface area contributed by atoms with Crippen molar-refractivity contribution in [1.82, 2.24) is 0 Å². The molecule has 0 unspecified atom stereocenters. The van der Waals surface area contributed by atoms with Crippen molar-refractivity contribution in [3.8, 4) is 0 Å². The lowest BCUT2D eigenvalue weighted by molar-refractivity contribution is -0.173. The summed E-state index contributed by atoms with van der Waals surface area (Å²) in [4.78, 5) is 0. The van der Waals surface area contributed by atoms with Crippen molar-refractivity contribution in [2.75, 3.05) is 6.61 Å². The molecule has 1 aliphatic carbocycles. The summed E-state index contributed by atoms with van der Waals surface area (Å²) in [6.45, 7) is -0.105. The highest BCUT2D eigenvalue weighted by Crippen LogP contribution is 2.41. The molecule has 4 heteroatoms. The van der Waals surface area contributed by atoms with E-state index < -0.39 is 12.1 Å². The van der Waals surface area contributed by atoms with E-state index in [0.29, 0.717) is 6.42 Å². The molecule has 0 aromatic rings. The number of rotatable bonds is 1. The van der Waals surface area contributed by atoms with Crippen LogP contribution in [0.2, 0.25) is 0 Å². The van der Waals surface area contributed by atoms with Crippen LogP contribution in [0.5, 0.6) is 0 Å². The van der Waals surface area contributed by atoms with Crippen LogP contribution in [0.25, 0.3) is 0 Å². The van der Waals surface area contributed by atoms with Crippen LogP contribution in [0.4, 0.5) is 13.2 Å². The van der Waals surface area contributed by atoms with E-state index in [1.54, 1.807) is 0 Å². The Morgan fingerprint density at radius 3 is 2.18 bits per heavy atom. The maximum absolute atomic E-state index is 12.0. The molecule has 0 aliphatic heterocycles. The van der Waals surface area contributed by atoms with Gasteiger partial charge in [0.2, 0.25) is 0 Å². The van der Waals surface area contributed by atoms with Crippen LogP contribution in [-0.4, -0.2) is 17.9 Å². The zero-order valence-electron chi connectivity index (χ0n) is 6.06. The Kier molecular flexibility index (Phi) is 2.42. The maximum Gasteiger partial charge on any atom is 0.391 e. The van der Waals surface area contributed by atoms with Gasteiger partial charge in [0.05, 0.1) is 5.92 Å². The van der Waals surface area contributed by atoms with E-state index in [2.05, 4.69) is 0 Å². The van der Waals surface area contributed by atoms with Crippen LogP contribution in [0.1, 0.15) is 19.3 Å². The molecular formula is C7H11F3O. The molecule has 1 saturated carbocycles. The van der Waals surface area contributed by atoms with Crippen LogP contribution >= 0.6 is 0 Å². The molecule has 0 aromatic carbocycles. The van der Waals surface area contributed by atoms with Gasteiger partial charge < -0.3 is 5.11 Å². The fraction of sp³-hybridized carbons (Fsp3) is 1.00. The zero-order chi connectivity index (χ0) is 8.48. The van der Waals surface area contributed by atoms with Crippen LogP contribution in [-0.2, 0) is 0 Å². The van der Waals surface area contributed by atoms with Gasteiger partial charge in [0, 0.05) is 6.61 Å². The highest BCUT2D eigenvalue weighted by atomic mass is 19.4. The Morgan fingerprint density at radius 2 is 1.91 bits per heavy atom. The highest BCUT2D eigenvalue weighted by Gasteiger charge is 2.43. The molecular weight excluding hydrogens is 157 g/mol. The second kappa shape index (κ2) is 3.01. The second-order valence-electron chi connectivity index (χ2n) is 3.10. The fourth-order valence-corrected chi connectivity index (χ4v) is 1.54. The maximum atomic E-state index is 12.0. The van der Waals surface area contributed by atoms with Gasteiger partial charge in [-0.3, -0.25) is 0 Å². The van der Waals surface area contributed by atoms with E-state index >= 15 is 0 Å². The summed E-state index contributed by atoms with van der Waals surface area (Å²) in [5.74, 6) is -1.29. The summed E-state index contributed by atoms with van der Waals surface area (Å²) in [6.07, 6.45) is -3.24. The lowest BCUT2D eigenvalue weighted by atomic mass is 10.1. The van der Waals surface area contributed by atoms with E-state index in [9.17, 15) is 13.2 Å². The van der Waals surface area contributed by atoms with Gasteiger partial charge in [-0.2, -0.15) is 13.2 Å². The molecule has 0 amide bonds. The highest BCUT2D eigenvalue weighted by molar-refractivity contribution is 4.79. The first kappa shape index (κ1) is 8.84. The normalized spacial score (nSPS) is 32.7. The van der Waals surface area contributed by atoms with Gasteiger partial charge in [-0.1, -0.05) is 0 Å². The molecule has 1 fully saturated rings. The SMILES string of the molecule is OC[C@H]1CC[C@H](C(F)(F)F)C1. The van der Waals surface area contributed by atoms with Gasteiger partial charge in [-0.05, 0) is 25.2 Å². The molecule has 66 valence electrons. The van der Waals surface area contributed by atoms with Gasteiger partial charge >= 0.3 is 6.18 Å². The predicted octanol–water partition coefficient (Wildman–Crippen LogP) is 1.96. The molecule has 0 radical (unpaired) electrons. The molecule has 0 spiro atoms. The van der Waals surface area contributed by atoms with Gasteiger partial charge in [0.25, 0.3) is 0 Å². The van der Waals surface area contributed by atoms with Crippen molar-refractivity contribution in [2.24, 2.45) is 11.8 Å². The molecule has 1 rings (SSSR count). The Hall–Kier alpha value is -0.250. The van der Waals surface area contributed by atoms with Gasteiger partial charge in [-0.25, -0.2) is 0 Å². The molecule has 0 heterocycles. The van der Waals surface area contributed by atoms with E-state index in [0.717, 1.165) is 0 Å². The molecule has 0 saturated heterocycles. The molecule has 11 heavy (non-hydrogen) atoms. The van der Waals surface area contributed by atoms with Crippen molar-refractivity contribution in [3.63, 3.8) is 0 Å². The quantitative estimate of drug-likeness (QED) is 0.634. The third kappa shape index (κ3) is 2.09. The number of alkyl halides is 3. The Labute approximate surface area is 63.2 Å². The minimum Gasteiger partial charge on any atom is -0.396 e. The minimum absolute atomic E-state index is 0.105. The molecule has 2 atom stereocenters. The smallest absolute Gasteiger partial charge is 0.391 e. The summed E-state index contributed by atoms with van der Waals surface area (Å²) in [5.41, 5.74) is 0. The number of aliphatic hydroxyl groups is 1. The van der Waals surface area contributed by atoms with Crippen LogP contribution < -0.4 is 0 Å². The number of aliphatic hydroxyl groups excluding tert-OH is 1. The fourth-order valence-electron chi connectivity index (χ4n) is 1.54. The summed E-state index contributed by atoms with van der Waals surface area (Å²) in [7, 11) is 0. The summed E-state index contributed by atoms with van der Waals surface area (Å²) in [6, 6.07) is 0. The third-order valence-corrected chi connectivity index (χ3v) is 2.26. The van der Waals surface area contributed by atoms with Crippen molar-refractivity contribution < 1.29 is 18.3 Å². The second-order valence-corrected chi connectivity index (χ2v) is 3.10. The first-order valence-electron chi connectivity index (χ1n) is 3.71. The number of hydrogen-bond donors (Lipinski definition) is 1. The predicted molar refractivity (Wildman–Crippen MR) is 34.0 cm³/mol. The van der Waals surface area contributed by atoms with Gasteiger partial charge in [-0.15, -0.1) is 0 Å². The van der Waals surface area contributed by atoms with Crippen molar-refractivity contribution >= 4 is 0 Å². The summed E-state index contributed by atoms with van der Waals surface area (Å²) >= 11 is 0. The lowest BCUT2D eigenvalue weighted by Gasteiger charge is -2.13. The van der Waals surface area contributed by atoms with Gasteiger partial charge in [0.1, 0.15) is 0 Å². The van der Waals surface area contributed by atoms with E-state index in [1.165, 1.54) is 0 Å². The van der Waals surface area contributed by atoms with E-state index in [1.807, 2.05) is 0 Å². The first-order valence-corrected chi connectivity index (χ1v) is 3.71. The van der Waals surface area contributed by atoms with Crippen molar-refractivity contribution in [3.05, 3.63) is 0 Å². The standard InChI is InChI=1S/C7H11F3O/c8-7(9,10)6-2-1-5(3-6)4-11/h5-6,11H,1-4H2/t5-,6-/m0/s1. The number of halogens is 3. The molecule has 1 N–H and O–H groups in total. The van der Waals surface area contributed by atoms with Gasteiger partial charge in [0.15, 0.2) is 0 Å². The lowest BCUT2D eigenvalue weighted by Crippen LogP contribution is -2.20. The Balaban J connectivity index is 2.42. The average molecular weight is 168 g/mol. The van der Waals surface area contributed by atoms with Crippen molar-refractivity contribution in [2.45, 2.75) is 25.4 Å². The van der Waals surface area contributed by atoms with Crippen LogP contribution in [0, 0.1) is 11.8 Å². The average Bonchev–Trinajstić information content (AvgIpc) is 2.32. The van der Waals surface area contributed by atoms with E-state index in [-0.39, 0.29) is 25.4 Å². The first-order chi connectivity index (χ1) is 5.04. The third-order valence-electron chi connectivity index (χ3n) is 2.26. The van der Waals surface area contributed by atoms with Crippen LogP contribution in [0.3, 0.4) is 0 Å². The summed E-state index contributed by atoms with van der Waals surface area (Å²) in [5, 5.41) is 8.58. The number of hydrogen-bond acceptors (Lipinski definition) is 1. The largest absolute Gasteiger partial charge is 0.396 e.